The number of hydrogen-bond donors (Lipinski definition) is 1. The molecule has 2 rings (SSSR count). The van der Waals surface area contributed by atoms with E-state index in [2.05, 4.69) is 16.4 Å². The molecule has 0 aliphatic carbocycles. The summed E-state index contributed by atoms with van der Waals surface area (Å²) in [5.41, 5.74) is 4.19. The van der Waals surface area contributed by atoms with E-state index in [9.17, 15) is 4.79 Å². The lowest BCUT2D eigenvalue weighted by Crippen LogP contribution is -2.28. The smallest absolute Gasteiger partial charge is 0.258 e. The minimum Gasteiger partial charge on any atom is -0.483 e. The Balaban J connectivity index is 1.87. The van der Waals surface area contributed by atoms with Crippen molar-refractivity contribution in [2.45, 2.75) is 27.3 Å². The predicted octanol–water partition coefficient (Wildman–Crippen LogP) is 2.70. The number of carbonyl (C=O) groups excluding carboxylic acids is 1. The van der Waals surface area contributed by atoms with Crippen LogP contribution in [0.4, 0.5) is 0 Å². The van der Waals surface area contributed by atoms with E-state index in [0.29, 0.717) is 6.54 Å². The van der Waals surface area contributed by atoms with E-state index in [1.165, 1.54) is 5.56 Å². The highest BCUT2D eigenvalue weighted by molar-refractivity contribution is 5.77. The Morgan fingerprint density at radius 3 is 2.76 bits per heavy atom. The van der Waals surface area contributed by atoms with Crippen LogP contribution in [0.3, 0.4) is 0 Å². The lowest BCUT2D eigenvalue weighted by atomic mass is 10.1. The number of amides is 1. The molecule has 0 atom stereocenters. The Morgan fingerprint density at radius 2 is 2.05 bits per heavy atom. The Labute approximate surface area is 125 Å². The summed E-state index contributed by atoms with van der Waals surface area (Å²) in [6, 6.07) is 9.66. The second kappa shape index (κ2) is 6.88. The van der Waals surface area contributed by atoms with Gasteiger partial charge in [0.05, 0.1) is 12.2 Å². The molecule has 1 heterocycles. The Hall–Kier alpha value is -2.36. The highest BCUT2D eigenvalue weighted by atomic mass is 16.5. The third-order valence-electron chi connectivity index (χ3n) is 3.32. The standard InChI is InChI=1S/C17H20N2O2/c1-12-8-13(2)14(3)16(9-12)21-11-17(20)19-10-15-6-4-5-7-18-15/h4-9H,10-11H2,1-3H3,(H,19,20). The first kappa shape index (κ1) is 15.0. The number of ether oxygens (including phenoxy) is 1. The number of rotatable bonds is 5. The summed E-state index contributed by atoms with van der Waals surface area (Å²) in [5, 5.41) is 2.79. The van der Waals surface area contributed by atoms with Crippen LogP contribution >= 0.6 is 0 Å². The molecule has 1 N–H and O–H groups in total. The van der Waals surface area contributed by atoms with Crippen molar-refractivity contribution in [3.05, 3.63) is 58.9 Å². The molecule has 0 unspecified atom stereocenters. The number of benzene rings is 1. The van der Waals surface area contributed by atoms with Crippen LogP contribution in [0.25, 0.3) is 0 Å². The van der Waals surface area contributed by atoms with E-state index in [1.807, 2.05) is 45.0 Å². The van der Waals surface area contributed by atoms with E-state index in [4.69, 9.17) is 4.74 Å². The van der Waals surface area contributed by atoms with E-state index >= 15 is 0 Å². The maximum Gasteiger partial charge on any atom is 0.258 e. The zero-order valence-electron chi connectivity index (χ0n) is 12.6. The van der Waals surface area contributed by atoms with Gasteiger partial charge in [-0.3, -0.25) is 9.78 Å². The molecule has 0 bridgehead atoms. The molecular formula is C17H20N2O2. The van der Waals surface area contributed by atoms with Crippen molar-refractivity contribution in [2.24, 2.45) is 0 Å². The summed E-state index contributed by atoms with van der Waals surface area (Å²) in [6.45, 7) is 6.47. The van der Waals surface area contributed by atoms with Gasteiger partial charge < -0.3 is 10.1 Å². The fourth-order valence-corrected chi connectivity index (χ4v) is 2.04. The van der Waals surface area contributed by atoms with Gasteiger partial charge in [0, 0.05) is 6.20 Å². The van der Waals surface area contributed by atoms with Crippen LogP contribution < -0.4 is 10.1 Å². The Kier molecular flexibility index (Phi) is 4.93. The molecule has 0 fully saturated rings. The number of pyridine rings is 1. The SMILES string of the molecule is Cc1cc(C)c(C)c(OCC(=O)NCc2ccccn2)c1. The molecular weight excluding hydrogens is 264 g/mol. The van der Waals surface area contributed by atoms with Crippen molar-refractivity contribution in [1.29, 1.82) is 0 Å². The summed E-state index contributed by atoms with van der Waals surface area (Å²) in [7, 11) is 0. The molecule has 0 saturated carbocycles. The van der Waals surface area contributed by atoms with Gasteiger partial charge in [-0.05, 0) is 55.7 Å². The van der Waals surface area contributed by atoms with Gasteiger partial charge in [-0.2, -0.15) is 0 Å². The van der Waals surface area contributed by atoms with Gasteiger partial charge in [0.1, 0.15) is 5.75 Å². The molecule has 4 nitrogen and oxygen atoms in total. The van der Waals surface area contributed by atoms with Gasteiger partial charge in [-0.1, -0.05) is 12.1 Å². The quantitative estimate of drug-likeness (QED) is 0.918. The minimum absolute atomic E-state index is 0.0105. The average molecular weight is 284 g/mol. The Bertz CT molecular complexity index is 624. The summed E-state index contributed by atoms with van der Waals surface area (Å²) in [6.07, 6.45) is 1.71. The highest BCUT2D eigenvalue weighted by Gasteiger charge is 2.07. The molecule has 21 heavy (non-hydrogen) atoms. The molecule has 0 radical (unpaired) electrons. The largest absolute Gasteiger partial charge is 0.483 e. The third-order valence-corrected chi connectivity index (χ3v) is 3.32. The molecule has 0 aliphatic rings. The third kappa shape index (κ3) is 4.31. The highest BCUT2D eigenvalue weighted by Crippen LogP contribution is 2.23. The van der Waals surface area contributed by atoms with Crippen molar-refractivity contribution in [3.8, 4) is 5.75 Å². The first-order valence-electron chi connectivity index (χ1n) is 6.93. The van der Waals surface area contributed by atoms with Crippen molar-refractivity contribution < 1.29 is 9.53 Å². The first-order chi connectivity index (χ1) is 10.1. The zero-order valence-corrected chi connectivity index (χ0v) is 12.6. The summed E-state index contributed by atoms with van der Waals surface area (Å²) < 4.78 is 5.62. The molecule has 2 aromatic rings. The first-order valence-corrected chi connectivity index (χ1v) is 6.93. The van der Waals surface area contributed by atoms with E-state index in [1.54, 1.807) is 6.20 Å². The summed E-state index contributed by atoms with van der Waals surface area (Å²) >= 11 is 0. The molecule has 0 spiro atoms. The zero-order chi connectivity index (χ0) is 15.2. The maximum absolute atomic E-state index is 11.8. The Morgan fingerprint density at radius 1 is 1.24 bits per heavy atom. The number of aryl methyl sites for hydroxylation is 2. The molecule has 110 valence electrons. The van der Waals surface area contributed by atoms with Gasteiger partial charge in [0.15, 0.2) is 6.61 Å². The molecule has 0 aliphatic heterocycles. The van der Waals surface area contributed by atoms with Crippen LogP contribution in [0.2, 0.25) is 0 Å². The van der Waals surface area contributed by atoms with Crippen LogP contribution in [-0.4, -0.2) is 17.5 Å². The van der Waals surface area contributed by atoms with Crippen molar-refractivity contribution in [3.63, 3.8) is 0 Å². The second-order valence-electron chi connectivity index (χ2n) is 5.09. The van der Waals surface area contributed by atoms with E-state index < -0.39 is 0 Å². The van der Waals surface area contributed by atoms with Crippen molar-refractivity contribution >= 4 is 5.91 Å². The van der Waals surface area contributed by atoms with Crippen molar-refractivity contribution in [1.82, 2.24) is 10.3 Å². The number of aromatic nitrogens is 1. The number of hydrogen-bond acceptors (Lipinski definition) is 3. The number of carbonyl (C=O) groups is 1. The number of nitrogens with one attached hydrogen (secondary N) is 1. The van der Waals surface area contributed by atoms with Crippen LogP contribution in [0.5, 0.6) is 5.75 Å². The molecule has 1 aromatic carbocycles. The fourth-order valence-electron chi connectivity index (χ4n) is 2.04. The molecule has 1 aromatic heterocycles. The predicted molar refractivity (Wildman–Crippen MR) is 82.2 cm³/mol. The van der Waals surface area contributed by atoms with Crippen LogP contribution in [0, 0.1) is 20.8 Å². The lowest BCUT2D eigenvalue weighted by Gasteiger charge is -2.12. The van der Waals surface area contributed by atoms with Crippen molar-refractivity contribution in [2.75, 3.05) is 6.61 Å². The molecule has 4 heteroatoms. The van der Waals surface area contributed by atoms with Gasteiger partial charge >= 0.3 is 0 Å². The maximum atomic E-state index is 11.8. The van der Waals surface area contributed by atoms with Gasteiger partial charge in [0.2, 0.25) is 0 Å². The number of nitrogens with zero attached hydrogens (tertiary/aromatic N) is 1. The van der Waals surface area contributed by atoms with E-state index in [0.717, 1.165) is 22.6 Å². The van der Waals surface area contributed by atoms with E-state index in [-0.39, 0.29) is 12.5 Å². The van der Waals surface area contributed by atoms with Gasteiger partial charge in [-0.15, -0.1) is 0 Å². The minimum atomic E-state index is -0.154. The van der Waals surface area contributed by atoms with Gasteiger partial charge in [0.25, 0.3) is 5.91 Å². The molecule has 0 saturated heterocycles. The van der Waals surface area contributed by atoms with Crippen LogP contribution in [0.15, 0.2) is 36.5 Å². The van der Waals surface area contributed by atoms with Gasteiger partial charge in [-0.25, -0.2) is 0 Å². The topological polar surface area (TPSA) is 51.2 Å². The monoisotopic (exact) mass is 284 g/mol. The van der Waals surface area contributed by atoms with Crippen LogP contribution in [-0.2, 0) is 11.3 Å². The average Bonchev–Trinajstić information content (AvgIpc) is 2.48. The normalized spacial score (nSPS) is 10.2. The summed E-state index contributed by atoms with van der Waals surface area (Å²) in [4.78, 5) is 16.0. The summed E-state index contributed by atoms with van der Waals surface area (Å²) in [5.74, 6) is 0.611. The lowest BCUT2D eigenvalue weighted by molar-refractivity contribution is -0.123. The fraction of sp³-hybridized carbons (Fsp3) is 0.294. The molecule has 1 amide bonds. The second-order valence-corrected chi connectivity index (χ2v) is 5.09. The van der Waals surface area contributed by atoms with Crippen LogP contribution in [0.1, 0.15) is 22.4 Å².